The molecule has 0 aliphatic rings. The molecule has 10 aromatic rings. The highest BCUT2D eigenvalue weighted by molar-refractivity contribution is 6.31. The molecule has 8 aromatic carbocycles. The van der Waals surface area contributed by atoms with E-state index in [9.17, 15) is 10.2 Å². The average Bonchev–Trinajstić information content (AvgIpc) is 1.54. The lowest BCUT2D eigenvalue weighted by Gasteiger charge is -2.34. The number of hydrogen-bond donors (Lipinski definition) is 2. The van der Waals surface area contributed by atoms with Gasteiger partial charge in [-0.25, -0.2) is 0 Å². The highest BCUT2D eigenvalue weighted by Gasteiger charge is 2.34. The van der Waals surface area contributed by atoms with Crippen molar-refractivity contribution in [3.63, 3.8) is 0 Å². The van der Waals surface area contributed by atoms with Crippen LogP contribution in [-0.4, -0.2) is 32.6 Å². The van der Waals surface area contributed by atoms with Crippen LogP contribution < -0.4 is 9.47 Å². The molecule has 0 spiro atoms. The molecule has 0 saturated heterocycles. The normalized spacial score (nSPS) is 13.4. The van der Waals surface area contributed by atoms with Gasteiger partial charge < -0.3 is 28.8 Å². The summed E-state index contributed by atoms with van der Waals surface area (Å²) in [4.78, 5) is 0. The summed E-state index contributed by atoms with van der Waals surface area (Å²) in [6.07, 6.45) is 2.31. The first kappa shape index (κ1) is 68.0. The van der Waals surface area contributed by atoms with Crippen molar-refractivity contribution in [3.8, 4) is 56.6 Å². The Morgan fingerprint density at radius 3 is 1.07 bits per heavy atom. The Morgan fingerprint density at radius 2 is 0.707 bits per heavy atom. The smallest absolute Gasteiger partial charge is 0.147 e. The van der Waals surface area contributed by atoms with E-state index in [2.05, 4.69) is 259 Å². The molecule has 92 heavy (non-hydrogen) atoms. The van der Waals surface area contributed by atoms with Crippen LogP contribution in [0, 0.1) is 17.8 Å². The second-order valence-corrected chi connectivity index (χ2v) is 35.3. The van der Waals surface area contributed by atoms with Crippen molar-refractivity contribution >= 4 is 66.8 Å². The first-order valence-corrected chi connectivity index (χ1v) is 34.0. The summed E-state index contributed by atoms with van der Waals surface area (Å²) in [7, 11) is 0. The number of aromatic hydroxyl groups is 2. The molecule has 0 fully saturated rings. The van der Waals surface area contributed by atoms with Gasteiger partial charge in [-0.2, -0.15) is 0 Å². The molecular formula is C84H102Cl2N2O4. The van der Waals surface area contributed by atoms with Crippen LogP contribution in [0.15, 0.2) is 127 Å². The second-order valence-electron chi connectivity index (χ2n) is 34.4. The Kier molecular flexibility index (Phi) is 17.6. The van der Waals surface area contributed by atoms with E-state index in [1.807, 2.05) is 37.3 Å². The summed E-state index contributed by atoms with van der Waals surface area (Å²) in [5, 5.41) is 32.0. The Morgan fingerprint density at radius 1 is 0.359 bits per heavy atom. The number of halogens is 2. The van der Waals surface area contributed by atoms with Crippen LogP contribution >= 0.6 is 23.2 Å². The first-order valence-electron chi connectivity index (χ1n) is 33.2. The Labute approximate surface area is 560 Å². The standard InChI is InChI=1S/C84H102Cl2N2O4/c1-50-37-58(86)47-66(65-43-56(84(22,23)49-78(5,6)7)45-72(75(65)90)88-69-32-27-53(81(14,15)16)40-61(69)62-41-54(82(17,18)19)28-33-70(62)88)76(50)92-36-24-35-91-73-34-29-57(85)46-63(73)64-42-55(83(20,21)48-77(2,3)4)44-71(74(64)89)87-67-30-25-51(79(8,9)10)38-59(67)60-39-52(80(11,12)13)26-31-68(60)87/h25-34,37-47,89-90H,24,35-36,48-49H2,1-23H3. The molecule has 486 valence electrons. The largest absolute Gasteiger partial charge is 0.505 e. The van der Waals surface area contributed by atoms with Gasteiger partial charge >= 0.3 is 0 Å². The van der Waals surface area contributed by atoms with Crippen molar-refractivity contribution in [2.45, 2.75) is 211 Å². The molecule has 2 N–H and O–H groups in total. The molecule has 0 saturated carbocycles. The lowest BCUT2D eigenvalue weighted by atomic mass is 9.71. The second kappa shape index (κ2) is 23.9. The number of aromatic nitrogens is 2. The lowest BCUT2D eigenvalue weighted by molar-refractivity contribution is 0.247. The maximum absolute atomic E-state index is 13.2. The number of phenols is 2. The van der Waals surface area contributed by atoms with E-state index in [4.69, 9.17) is 32.7 Å². The van der Waals surface area contributed by atoms with Crippen molar-refractivity contribution < 1.29 is 19.7 Å². The first-order chi connectivity index (χ1) is 42.4. The number of phenolic OH excluding ortho intramolecular Hbond substituents is 2. The zero-order chi connectivity index (χ0) is 67.5. The number of aryl methyl sites for hydroxylation is 1. The van der Waals surface area contributed by atoms with E-state index >= 15 is 0 Å². The maximum Gasteiger partial charge on any atom is 0.147 e. The minimum atomic E-state index is -0.306. The monoisotopic (exact) mass is 1270 g/mol. The third kappa shape index (κ3) is 13.7. The van der Waals surface area contributed by atoms with Crippen LogP contribution in [0.25, 0.3) is 77.2 Å². The van der Waals surface area contributed by atoms with Gasteiger partial charge in [-0.15, -0.1) is 0 Å². The molecule has 0 radical (unpaired) electrons. The topological polar surface area (TPSA) is 68.8 Å². The van der Waals surface area contributed by atoms with E-state index in [-0.39, 0.29) is 54.8 Å². The predicted octanol–water partition coefficient (Wildman–Crippen LogP) is 24.7. The van der Waals surface area contributed by atoms with E-state index in [0.717, 1.165) is 73.1 Å². The average molecular weight is 1270 g/mol. The van der Waals surface area contributed by atoms with E-state index < -0.39 is 0 Å². The number of benzene rings is 8. The summed E-state index contributed by atoms with van der Waals surface area (Å²) in [6, 6.07) is 45.5. The molecule has 0 aliphatic heterocycles. The molecule has 2 aromatic heterocycles. The minimum absolute atomic E-state index is 0.00880. The van der Waals surface area contributed by atoms with Crippen LogP contribution in [0.2, 0.25) is 10.0 Å². The van der Waals surface area contributed by atoms with Crippen LogP contribution in [0.1, 0.15) is 211 Å². The van der Waals surface area contributed by atoms with Crippen LogP contribution in [0.5, 0.6) is 23.0 Å². The van der Waals surface area contributed by atoms with Crippen LogP contribution in [0.4, 0.5) is 0 Å². The van der Waals surface area contributed by atoms with Gasteiger partial charge in [0, 0.05) is 60.3 Å². The van der Waals surface area contributed by atoms with Gasteiger partial charge in [0.25, 0.3) is 0 Å². The summed E-state index contributed by atoms with van der Waals surface area (Å²) in [5.74, 6) is 1.52. The zero-order valence-corrected chi connectivity index (χ0v) is 61.0. The van der Waals surface area contributed by atoms with Crippen LogP contribution in [-0.2, 0) is 32.5 Å². The van der Waals surface area contributed by atoms with Crippen molar-refractivity contribution in [3.05, 3.63) is 176 Å². The lowest BCUT2D eigenvalue weighted by Crippen LogP contribution is -2.25. The third-order valence-corrected chi connectivity index (χ3v) is 19.2. The molecule has 10 rings (SSSR count). The summed E-state index contributed by atoms with van der Waals surface area (Å²) >= 11 is 14.1. The minimum Gasteiger partial charge on any atom is -0.505 e. The maximum atomic E-state index is 13.2. The number of ether oxygens (including phenoxy) is 2. The third-order valence-electron chi connectivity index (χ3n) is 18.7. The molecule has 0 bridgehead atoms. The Balaban J connectivity index is 1.05. The van der Waals surface area contributed by atoms with E-state index in [0.29, 0.717) is 74.8 Å². The molecule has 6 nitrogen and oxygen atoms in total. The van der Waals surface area contributed by atoms with Crippen LogP contribution in [0.3, 0.4) is 0 Å². The Bertz CT molecular complexity index is 4340. The quantitative estimate of drug-likeness (QED) is 0.106. The fraction of sp³-hybridized carbons (Fsp3) is 0.429. The van der Waals surface area contributed by atoms with Gasteiger partial charge in [-0.05, 0) is 205 Å². The highest BCUT2D eigenvalue weighted by Crippen LogP contribution is 2.51. The molecule has 0 amide bonds. The highest BCUT2D eigenvalue weighted by atomic mass is 35.5. The predicted molar refractivity (Wildman–Crippen MR) is 395 cm³/mol. The molecular weight excluding hydrogens is 1170 g/mol. The van der Waals surface area contributed by atoms with Crippen molar-refractivity contribution in [1.82, 2.24) is 9.13 Å². The molecule has 2 heterocycles. The fourth-order valence-electron chi connectivity index (χ4n) is 14.4. The molecule has 8 heteroatoms. The van der Waals surface area contributed by atoms with Gasteiger partial charge in [0.2, 0.25) is 0 Å². The molecule has 0 aliphatic carbocycles. The van der Waals surface area contributed by atoms with Crippen molar-refractivity contribution in [1.29, 1.82) is 0 Å². The summed E-state index contributed by atoms with van der Waals surface area (Å²) < 4.78 is 18.3. The fourth-order valence-corrected chi connectivity index (χ4v) is 14.9. The van der Waals surface area contributed by atoms with Gasteiger partial charge in [0.1, 0.15) is 23.0 Å². The van der Waals surface area contributed by atoms with Gasteiger partial charge in [0.15, 0.2) is 0 Å². The number of rotatable bonds is 14. The summed E-state index contributed by atoms with van der Waals surface area (Å²) in [6.45, 7) is 52.7. The molecule has 0 atom stereocenters. The SMILES string of the molecule is Cc1cc(Cl)cc(-c2cc(C(C)(C)CC(C)(C)C)cc(-n3c4ccc(C(C)(C)C)cc4c4cc(C(C)(C)C)ccc43)c2O)c1OCCCOc1ccc(Cl)cc1-c1cc(C(C)(C)CC(C)(C)C)cc(-n2c3ccc(C(C)(C)C)cc3c3cc(C(C)(C)C)ccc32)c1O. The molecule has 0 unspecified atom stereocenters. The van der Waals surface area contributed by atoms with Crippen molar-refractivity contribution in [2.75, 3.05) is 13.2 Å². The Hall–Kier alpha value is -6.86. The zero-order valence-electron chi connectivity index (χ0n) is 59.5. The number of fused-ring (bicyclic) bond motifs is 6. The van der Waals surface area contributed by atoms with Gasteiger partial charge in [-0.1, -0.05) is 200 Å². The number of hydrogen-bond acceptors (Lipinski definition) is 4. The van der Waals surface area contributed by atoms with E-state index in [1.54, 1.807) is 0 Å². The van der Waals surface area contributed by atoms with Crippen molar-refractivity contribution in [2.24, 2.45) is 10.8 Å². The van der Waals surface area contributed by atoms with Gasteiger partial charge in [0.05, 0.1) is 46.7 Å². The summed E-state index contributed by atoms with van der Waals surface area (Å²) in [5.41, 5.74) is 15.3. The number of nitrogens with zero attached hydrogens (tertiary/aromatic N) is 2. The van der Waals surface area contributed by atoms with E-state index in [1.165, 1.54) is 22.3 Å². The van der Waals surface area contributed by atoms with Gasteiger partial charge in [-0.3, -0.25) is 0 Å².